The lowest BCUT2D eigenvalue weighted by Crippen LogP contribution is -2.35. The Morgan fingerprint density at radius 1 is 0.913 bits per heavy atom. The minimum atomic E-state index is -0.918. The van der Waals surface area contributed by atoms with Crippen LogP contribution in [0.15, 0.2) is 83.4 Å². The molecule has 1 aromatic heterocycles. The summed E-state index contributed by atoms with van der Waals surface area (Å²) < 4.78 is 5.15. The van der Waals surface area contributed by atoms with Gasteiger partial charge in [-0.2, -0.15) is 0 Å². The first-order valence-corrected chi connectivity index (χ1v) is 16.1. The summed E-state index contributed by atoms with van der Waals surface area (Å²) in [7, 11) is 0. The molecule has 1 saturated carbocycles. The Labute approximate surface area is 269 Å². The maximum Gasteiger partial charge on any atom is 0.305 e. The molecular formula is C37H40N4O5. The van der Waals surface area contributed by atoms with Crippen molar-refractivity contribution in [1.29, 1.82) is 0 Å². The van der Waals surface area contributed by atoms with Crippen LogP contribution < -0.4 is 10.2 Å². The van der Waals surface area contributed by atoms with E-state index < -0.39 is 5.97 Å². The molecule has 0 spiro atoms. The van der Waals surface area contributed by atoms with Crippen LogP contribution in [0.4, 0.5) is 11.4 Å². The molecule has 2 amide bonds. The molecule has 46 heavy (non-hydrogen) atoms. The summed E-state index contributed by atoms with van der Waals surface area (Å²) in [6.07, 6.45) is 4.83. The van der Waals surface area contributed by atoms with Gasteiger partial charge in [0, 0.05) is 38.2 Å². The van der Waals surface area contributed by atoms with Crippen LogP contribution in [0, 0.1) is 18.8 Å². The van der Waals surface area contributed by atoms with Crippen LogP contribution in [0.2, 0.25) is 0 Å². The second kappa shape index (κ2) is 14.0. The number of nitrogens with one attached hydrogen (secondary N) is 1. The highest BCUT2D eigenvalue weighted by Gasteiger charge is 2.33. The average molecular weight is 621 g/mol. The third-order valence-corrected chi connectivity index (χ3v) is 8.90. The quantitative estimate of drug-likeness (QED) is 0.184. The number of aromatic nitrogens is 1. The molecule has 2 N–H and O–H groups in total. The number of carboxylic acid groups (broad SMARTS) is 1. The molecule has 0 atom stereocenters. The Morgan fingerprint density at radius 2 is 1.65 bits per heavy atom. The van der Waals surface area contributed by atoms with Crippen molar-refractivity contribution in [2.24, 2.45) is 11.8 Å². The lowest BCUT2D eigenvalue weighted by atomic mass is 9.90. The summed E-state index contributed by atoms with van der Waals surface area (Å²) in [6.45, 7) is 4.06. The number of rotatable bonds is 12. The number of carbonyl (C=O) groups excluding carboxylic acids is 2. The molecule has 9 nitrogen and oxygen atoms in total. The molecule has 9 heteroatoms. The molecule has 0 bridgehead atoms. The number of carbonyl (C=O) groups is 3. The predicted molar refractivity (Wildman–Crippen MR) is 177 cm³/mol. The van der Waals surface area contributed by atoms with Crippen LogP contribution in [-0.4, -0.2) is 52.6 Å². The van der Waals surface area contributed by atoms with E-state index in [9.17, 15) is 19.5 Å². The van der Waals surface area contributed by atoms with Crippen LogP contribution in [0.25, 0.3) is 11.1 Å². The number of nitrogens with zero attached hydrogens (tertiary/aromatic N) is 3. The van der Waals surface area contributed by atoms with E-state index in [1.165, 1.54) is 5.56 Å². The summed E-state index contributed by atoms with van der Waals surface area (Å²) in [5.74, 6) is -0.0502. The van der Waals surface area contributed by atoms with Gasteiger partial charge in [-0.15, -0.1) is 0 Å². The first kappa shape index (κ1) is 31.1. The smallest absolute Gasteiger partial charge is 0.305 e. The second-order valence-electron chi connectivity index (χ2n) is 12.5. The van der Waals surface area contributed by atoms with Gasteiger partial charge in [-0.25, -0.2) is 0 Å². The molecular weight excluding hydrogens is 580 g/mol. The minimum absolute atomic E-state index is 0.00704. The van der Waals surface area contributed by atoms with E-state index in [4.69, 9.17) is 4.52 Å². The van der Waals surface area contributed by atoms with Gasteiger partial charge in [-0.3, -0.25) is 14.4 Å². The maximum atomic E-state index is 13.2. The van der Waals surface area contributed by atoms with Crippen LogP contribution >= 0.6 is 0 Å². The van der Waals surface area contributed by atoms with Crippen molar-refractivity contribution >= 4 is 29.2 Å². The highest BCUT2D eigenvalue weighted by Crippen LogP contribution is 2.36. The Hall–Kier alpha value is -4.92. The number of piperidine rings is 1. The molecule has 2 heterocycles. The highest BCUT2D eigenvalue weighted by molar-refractivity contribution is 6.05. The summed E-state index contributed by atoms with van der Waals surface area (Å²) >= 11 is 0. The molecule has 0 unspecified atom stereocenters. The van der Waals surface area contributed by atoms with Crippen molar-refractivity contribution < 1.29 is 24.0 Å². The Morgan fingerprint density at radius 3 is 2.35 bits per heavy atom. The van der Waals surface area contributed by atoms with Crippen LogP contribution in [-0.2, 0) is 22.6 Å². The van der Waals surface area contributed by atoms with Gasteiger partial charge in [0.25, 0.3) is 5.91 Å². The number of anilines is 2. The third-order valence-electron chi connectivity index (χ3n) is 8.90. The van der Waals surface area contributed by atoms with Gasteiger partial charge in [0.05, 0.1) is 17.8 Å². The van der Waals surface area contributed by atoms with Gasteiger partial charge >= 0.3 is 5.97 Å². The lowest BCUT2D eigenvalue weighted by molar-refractivity contribution is -0.139. The first-order chi connectivity index (χ1) is 22.3. The van der Waals surface area contributed by atoms with Gasteiger partial charge in [0.15, 0.2) is 5.69 Å². The van der Waals surface area contributed by atoms with E-state index in [1.807, 2.05) is 30.3 Å². The molecule has 3 aromatic carbocycles. The van der Waals surface area contributed by atoms with E-state index in [0.717, 1.165) is 67.6 Å². The van der Waals surface area contributed by atoms with Gasteiger partial charge in [0.1, 0.15) is 5.76 Å². The number of benzene rings is 3. The van der Waals surface area contributed by atoms with Crippen LogP contribution in [0.3, 0.4) is 0 Å². The fraction of sp³-hybridized carbons (Fsp3) is 0.351. The van der Waals surface area contributed by atoms with Gasteiger partial charge in [0.2, 0.25) is 5.91 Å². The maximum absolute atomic E-state index is 13.2. The van der Waals surface area contributed by atoms with E-state index in [2.05, 4.69) is 57.8 Å². The Kier molecular flexibility index (Phi) is 9.47. The molecule has 6 rings (SSSR count). The molecule has 0 radical (unpaired) electrons. The van der Waals surface area contributed by atoms with Gasteiger partial charge in [-0.1, -0.05) is 59.8 Å². The zero-order valence-electron chi connectivity index (χ0n) is 26.2. The fourth-order valence-electron chi connectivity index (χ4n) is 6.23. The fourth-order valence-corrected chi connectivity index (χ4v) is 6.23. The molecule has 4 aromatic rings. The van der Waals surface area contributed by atoms with Crippen molar-refractivity contribution in [3.63, 3.8) is 0 Å². The Balaban J connectivity index is 1.23. The standard InChI is InChI=1S/C37H40N4O5/c1-25-20-33(39-46-25)36(44)38-32-23-31(12-13-34(32)40-17-14-27(15-18-40)21-26-6-3-2-4-7-26)30-9-5-8-28(22-30)24-41(19-16-35(42)43)37(45)29-10-11-29/h2-9,12-13,20,22-23,27,29H,10-11,14-19,21,24H2,1H3,(H,38,44)(H,42,43). The van der Waals surface area contributed by atoms with E-state index in [1.54, 1.807) is 17.9 Å². The SMILES string of the molecule is Cc1cc(C(=O)Nc2cc(-c3cccc(CN(CCC(=O)O)C(=O)C4CC4)c3)ccc2N2CCC(Cc3ccccc3)CC2)no1. The number of aryl methyl sites for hydroxylation is 1. The molecule has 2 aliphatic rings. The second-order valence-corrected chi connectivity index (χ2v) is 12.5. The van der Waals surface area contributed by atoms with Crippen molar-refractivity contribution in [1.82, 2.24) is 10.1 Å². The third kappa shape index (κ3) is 7.83. The number of amides is 2. The molecule has 238 valence electrons. The lowest BCUT2D eigenvalue weighted by Gasteiger charge is -2.35. The normalized spacial score (nSPS) is 15.0. The summed E-state index contributed by atoms with van der Waals surface area (Å²) in [6, 6.07) is 26.3. The van der Waals surface area contributed by atoms with Gasteiger partial charge in [-0.05, 0) is 85.4 Å². The molecule has 1 aliphatic carbocycles. The number of hydrogen-bond donors (Lipinski definition) is 2. The Bertz CT molecular complexity index is 1690. The summed E-state index contributed by atoms with van der Waals surface area (Å²) in [4.78, 5) is 41.4. The minimum Gasteiger partial charge on any atom is -0.481 e. The molecule has 2 fully saturated rings. The van der Waals surface area contributed by atoms with Gasteiger partial charge < -0.3 is 24.7 Å². The van der Waals surface area contributed by atoms with E-state index >= 15 is 0 Å². The van der Waals surface area contributed by atoms with Crippen molar-refractivity contribution in [2.75, 3.05) is 29.9 Å². The van der Waals surface area contributed by atoms with Crippen molar-refractivity contribution in [2.45, 2.75) is 52.0 Å². The zero-order valence-corrected chi connectivity index (χ0v) is 26.2. The number of hydrogen-bond acceptors (Lipinski definition) is 6. The summed E-state index contributed by atoms with van der Waals surface area (Å²) in [5, 5.41) is 16.2. The van der Waals surface area contributed by atoms with Crippen molar-refractivity contribution in [3.05, 3.63) is 101 Å². The largest absolute Gasteiger partial charge is 0.481 e. The zero-order chi connectivity index (χ0) is 32.0. The van der Waals surface area contributed by atoms with E-state index in [0.29, 0.717) is 23.9 Å². The summed E-state index contributed by atoms with van der Waals surface area (Å²) in [5.41, 5.74) is 6.02. The number of carboxylic acids is 1. The van der Waals surface area contributed by atoms with Crippen LogP contribution in [0.1, 0.15) is 59.5 Å². The monoisotopic (exact) mass is 620 g/mol. The topological polar surface area (TPSA) is 116 Å². The highest BCUT2D eigenvalue weighted by atomic mass is 16.5. The van der Waals surface area contributed by atoms with Crippen molar-refractivity contribution in [3.8, 4) is 11.1 Å². The van der Waals surface area contributed by atoms with E-state index in [-0.39, 0.29) is 36.4 Å². The number of aliphatic carboxylic acids is 1. The first-order valence-electron chi connectivity index (χ1n) is 16.1. The van der Waals surface area contributed by atoms with Crippen LogP contribution in [0.5, 0.6) is 0 Å². The predicted octanol–water partition coefficient (Wildman–Crippen LogP) is 6.57. The molecule has 1 saturated heterocycles. The average Bonchev–Trinajstić information content (AvgIpc) is 3.83. The molecule has 1 aliphatic heterocycles.